The molecule has 1 aliphatic rings. The van der Waals surface area contributed by atoms with Crippen molar-refractivity contribution in [1.82, 2.24) is 9.80 Å². The zero-order valence-electron chi connectivity index (χ0n) is 10.8. The molecule has 1 amide bonds. The second kappa shape index (κ2) is 6.09. The Bertz CT molecular complexity index is 481. The van der Waals surface area contributed by atoms with Gasteiger partial charge < -0.3 is 15.5 Å². The minimum absolute atomic E-state index is 0.0397. The Morgan fingerprint density at radius 1 is 1.37 bits per heavy atom. The van der Waals surface area contributed by atoms with Crippen LogP contribution in [-0.4, -0.2) is 55.0 Å². The van der Waals surface area contributed by atoms with Crippen molar-refractivity contribution < 1.29 is 4.79 Å². The molecule has 1 fully saturated rings. The van der Waals surface area contributed by atoms with Crippen LogP contribution in [0.1, 0.15) is 10.4 Å². The van der Waals surface area contributed by atoms with Gasteiger partial charge in [-0.3, -0.25) is 4.79 Å². The molecular weight excluding hydrogens is 285 g/mol. The van der Waals surface area contributed by atoms with Crippen LogP contribution in [0.15, 0.2) is 18.2 Å². The minimum Gasteiger partial charge on any atom is -0.332 e. The highest BCUT2D eigenvalue weighted by atomic mass is 35.5. The molecule has 0 bridgehead atoms. The summed E-state index contributed by atoms with van der Waals surface area (Å²) in [5.74, 6) is -0.0397. The van der Waals surface area contributed by atoms with Gasteiger partial charge in [-0.2, -0.15) is 0 Å². The van der Waals surface area contributed by atoms with E-state index in [2.05, 4.69) is 4.90 Å². The molecule has 0 radical (unpaired) electrons. The van der Waals surface area contributed by atoms with Gasteiger partial charge in [0.15, 0.2) is 0 Å². The highest BCUT2D eigenvalue weighted by molar-refractivity contribution is 6.42. The van der Waals surface area contributed by atoms with Gasteiger partial charge in [-0.25, -0.2) is 0 Å². The molecule has 1 atom stereocenters. The summed E-state index contributed by atoms with van der Waals surface area (Å²) in [4.78, 5) is 16.5. The Morgan fingerprint density at radius 2 is 2.11 bits per heavy atom. The van der Waals surface area contributed by atoms with E-state index in [4.69, 9.17) is 28.9 Å². The van der Waals surface area contributed by atoms with E-state index in [1.165, 1.54) is 0 Å². The molecule has 6 heteroatoms. The van der Waals surface area contributed by atoms with Crippen molar-refractivity contribution in [2.75, 3.05) is 33.2 Å². The lowest BCUT2D eigenvalue weighted by Crippen LogP contribution is -2.56. The Labute approximate surface area is 123 Å². The Kier molecular flexibility index (Phi) is 4.68. The summed E-state index contributed by atoms with van der Waals surface area (Å²) < 4.78 is 0. The Hall–Kier alpha value is -0.810. The lowest BCUT2D eigenvalue weighted by Gasteiger charge is -2.39. The van der Waals surface area contributed by atoms with Crippen molar-refractivity contribution in [1.29, 1.82) is 0 Å². The van der Waals surface area contributed by atoms with Gasteiger partial charge in [0.25, 0.3) is 5.91 Å². The number of hydrogen-bond donors (Lipinski definition) is 1. The molecule has 1 heterocycles. The van der Waals surface area contributed by atoms with Gasteiger partial charge in [0, 0.05) is 31.7 Å². The molecule has 1 aromatic rings. The van der Waals surface area contributed by atoms with Gasteiger partial charge in [-0.05, 0) is 25.2 Å². The van der Waals surface area contributed by atoms with Crippen LogP contribution in [0.25, 0.3) is 0 Å². The summed E-state index contributed by atoms with van der Waals surface area (Å²) in [5, 5.41) is 0.845. The maximum Gasteiger partial charge on any atom is 0.254 e. The van der Waals surface area contributed by atoms with Crippen molar-refractivity contribution in [2.24, 2.45) is 5.73 Å². The predicted molar refractivity (Wildman–Crippen MR) is 77.8 cm³/mol. The fourth-order valence-electron chi connectivity index (χ4n) is 2.27. The largest absolute Gasteiger partial charge is 0.332 e. The van der Waals surface area contributed by atoms with E-state index in [9.17, 15) is 4.79 Å². The average molecular weight is 302 g/mol. The smallest absolute Gasteiger partial charge is 0.254 e. The number of nitrogens with two attached hydrogens (primary N) is 1. The zero-order chi connectivity index (χ0) is 14.0. The van der Waals surface area contributed by atoms with Gasteiger partial charge in [0.1, 0.15) is 0 Å². The summed E-state index contributed by atoms with van der Waals surface area (Å²) in [6, 6.07) is 4.99. The van der Waals surface area contributed by atoms with E-state index in [0.717, 1.165) is 13.1 Å². The molecule has 4 nitrogen and oxygen atoms in total. The normalized spacial score (nSPS) is 20.6. The van der Waals surface area contributed by atoms with Crippen LogP contribution in [0.5, 0.6) is 0 Å². The van der Waals surface area contributed by atoms with Crippen molar-refractivity contribution in [3.05, 3.63) is 33.8 Å². The summed E-state index contributed by atoms with van der Waals surface area (Å²) in [7, 11) is 2.03. The maximum atomic E-state index is 12.5. The lowest BCUT2D eigenvalue weighted by molar-refractivity contribution is 0.0516. The molecule has 0 aromatic heterocycles. The number of carbonyl (C=O) groups is 1. The third-order valence-electron chi connectivity index (χ3n) is 3.39. The highest BCUT2D eigenvalue weighted by Gasteiger charge is 2.28. The third-order valence-corrected chi connectivity index (χ3v) is 4.12. The van der Waals surface area contributed by atoms with E-state index in [1.54, 1.807) is 18.2 Å². The van der Waals surface area contributed by atoms with E-state index < -0.39 is 0 Å². The molecule has 1 unspecified atom stereocenters. The number of hydrogen-bond acceptors (Lipinski definition) is 3. The SMILES string of the molecule is CN1CCN(C(=O)c2ccc(Cl)c(Cl)c2)C(CN)C1. The van der Waals surface area contributed by atoms with E-state index in [0.29, 0.717) is 28.7 Å². The Morgan fingerprint density at radius 3 is 2.74 bits per heavy atom. The zero-order valence-corrected chi connectivity index (χ0v) is 12.3. The molecule has 19 heavy (non-hydrogen) atoms. The molecule has 1 saturated heterocycles. The topological polar surface area (TPSA) is 49.6 Å². The number of nitrogens with zero attached hydrogens (tertiary/aromatic N) is 2. The van der Waals surface area contributed by atoms with Crippen molar-refractivity contribution >= 4 is 29.1 Å². The highest BCUT2D eigenvalue weighted by Crippen LogP contribution is 2.24. The molecule has 1 aliphatic heterocycles. The maximum absolute atomic E-state index is 12.5. The number of carbonyl (C=O) groups excluding carboxylic acids is 1. The minimum atomic E-state index is -0.0397. The second-order valence-corrected chi connectivity index (χ2v) is 5.59. The molecular formula is C13H17Cl2N3O. The van der Waals surface area contributed by atoms with Gasteiger partial charge >= 0.3 is 0 Å². The van der Waals surface area contributed by atoms with E-state index in [1.807, 2.05) is 11.9 Å². The fraction of sp³-hybridized carbons (Fsp3) is 0.462. The first kappa shape index (κ1) is 14.6. The molecule has 2 N–H and O–H groups in total. The molecule has 0 aliphatic carbocycles. The van der Waals surface area contributed by atoms with Crippen molar-refractivity contribution in [2.45, 2.75) is 6.04 Å². The number of benzene rings is 1. The van der Waals surface area contributed by atoms with Gasteiger partial charge in [-0.15, -0.1) is 0 Å². The van der Waals surface area contributed by atoms with Gasteiger partial charge in [0.2, 0.25) is 0 Å². The average Bonchev–Trinajstić information content (AvgIpc) is 2.41. The quantitative estimate of drug-likeness (QED) is 0.905. The summed E-state index contributed by atoms with van der Waals surface area (Å²) in [6.45, 7) is 2.78. The van der Waals surface area contributed by atoms with Crippen LogP contribution < -0.4 is 5.73 Å². The van der Waals surface area contributed by atoms with Crippen LogP contribution >= 0.6 is 23.2 Å². The first-order chi connectivity index (χ1) is 9.02. The number of rotatable bonds is 2. The van der Waals surface area contributed by atoms with Crippen molar-refractivity contribution in [3.63, 3.8) is 0 Å². The number of likely N-dealkylation sites (N-methyl/N-ethyl adjacent to an activating group) is 1. The number of halogens is 2. The summed E-state index contributed by atoms with van der Waals surface area (Å²) >= 11 is 11.8. The number of amides is 1. The summed E-state index contributed by atoms with van der Waals surface area (Å²) in [6.07, 6.45) is 0. The monoisotopic (exact) mass is 301 g/mol. The van der Waals surface area contributed by atoms with E-state index in [-0.39, 0.29) is 11.9 Å². The lowest BCUT2D eigenvalue weighted by atomic mass is 10.1. The molecule has 104 valence electrons. The van der Waals surface area contributed by atoms with Crippen LogP contribution in [0.2, 0.25) is 10.0 Å². The standard InChI is InChI=1S/C13H17Cl2N3O/c1-17-4-5-18(10(7-16)8-17)13(19)9-2-3-11(14)12(15)6-9/h2-3,6,10H,4-5,7-8,16H2,1H3. The summed E-state index contributed by atoms with van der Waals surface area (Å²) in [5.41, 5.74) is 6.31. The van der Waals surface area contributed by atoms with Gasteiger partial charge in [0.05, 0.1) is 16.1 Å². The van der Waals surface area contributed by atoms with Crippen molar-refractivity contribution in [3.8, 4) is 0 Å². The molecule has 0 saturated carbocycles. The first-order valence-electron chi connectivity index (χ1n) is 6.17. The fourth-order valence-corrected chi connectivity index (χ4v) is 2.57. The molecule has 1 aromatic carbocycles. The van der Waals surface area contributed by atoms with Gasteiger partial charge in [-0.1, -0.05) is 23.2 Å². The Balaban J connectivity index is 2.20. The van der Waals surface area contributed by atoms with Crippen LogP contribution in [-0.2, 0) is 0 Å². The first-order valence-corrected chi connectivity index (χ1v) is 6.93. The van der Waals surface area contributed by atoms with E-state index >= 15 is 0 Å². The predicted octanol–water partition coefficient (Wildman–Crippen LogP) is 1.71. The third kappa shape index (κ3) is 3.20. The van der Waals surface area contributed by atoms with Crippen LogP contribution in [0.3, 0.4) is 0 Å². The van der Waals surface area contributed by atoms with Crippen LogP contribution in [0, 0.1) is 0 Å². The van der Waals surface area contributed by atoms with Crippen LogP contribution in [0.4, 0.5) is 0 Å². The molecule has 2 rings (SSSR count). The molecule has 0 spiro atoms. The number of piperazine rings is 1. The second-order valence-electron chi connectivity index (χ2n) is 4.78.